The summed E-state index contributed by atoms with van der Waals surface area (Å²) in [6, 6.07) is 10.4. The molecule has 1 amide bonds. The van der Waals surface area contributed by atoms with Crippen LogP contribution in [0.4, 0.5) is 10.1 Å². The van der Waals surface area contributed by atoms with E-state index in [0.29, 0.717) is 23.2 Å². The first-order valence-electron chi connectivity index (χ1n) is 9.59. The molecule has 1 aromatic heterocycles. The number of methoxy groups -OCH3 is 1. The topological polar surface area (TPSA) is 77.2 Å². The summed E-state index contributed by atoms with van der Waals surface area (Å²) < 4.78 is 24.2. The fourth-order valence-corrected chi connectivity index (χ4v) is 3.56. The van der Waals surface area contributed by atoms with Crippen LogP contribution >= 0.6 is 11.8 Å². The minimum Gasteiger partial charge on any atom is -0.496 e. The second-order valence-corrected chi connectivity index (χ2v) is 7.84. The minimum atomic E-state index is -0.394. The normalized spacial score (nSPS) is 10.8. The molecule has 8 heteroatoms. The highest BCUT2D eigenvalue weighted by Crippen LogP contribution is 2.21. The molecule has 0 spiro atoms. The first-order chi connectivity index (χ1) is 14.4. The molecule has 158 valence electrons. The second kappa shape index (κ2) is 10.2. The van der Waals surface area contributed by atoms with Gasteiger partial charge in [-0.2, -0.15) is 0 Å². The van der Waals surface area contributed by atoms with Crippen LogP contribution in [-0.2, 0) is 17.6 Å². The number of ether oxygens (including phenoxy) is 1. The van der Waals surface area contributed by atoms with Crippen molar-refractivity contribution in [3.05, 3.63) is 64.8 Å². The third-order valence-electron chi connectivity index (χ3n) is 4.56. The second-order valence-electron chi connectivity index (χ2n) is 6.92. The van der Waals surface area contributed by atoms with Crippen LogP contribution in [0.1, 0.15) is 29.0 Å². The third-order valence-corrected chi connectivity index (χ3v) is 5.38. The lowest BCUT2D eigenvalue weighted by Gasteiger charge is -2.07. The van der Waals surface area contributed by atoms with Crippen molar-refractivity contribution in [3.8, 4) is 5.75 Å². The van der Waals surface area contributed by atoms with E-state index in [4.69, 9.17) is 9.15 Å². The largest absolute Gasteiger partial charge is 0.496 e. The van der Waals surface area contributed by atoms with Gasteiger partial charge in [0.15, 0.2) is 0 Å². The number of amides is 1. The minimum absolute atomic E-state index is 0.0999. The number of hydrogen-bond donors (Lipinski definition) is 1. The standard InChI is InChI=1S/C22H24FN3O3S/c1-14-7-9-17(23)12-18(14)24-20(27)13-30-22-26-25-21(29-22)6-4-5-16-8-10-19(28-3)15(2)11-16/h7-12H,4-6,13H2,1-3H3,(H,24,27). The van der Waals surface area contributed by atoms with E-state index in [1.54, 1.807) is 20.1 Å². The van der Waals surface area contributed by atoms with Crippen molar-refractivity contribution < 1.29 is 18.3 Å². The molecule has 0 aliphatic rings. The fourth-order valence-electron chi connectivity index (χ4n) is 2.98. The number of aromatic nitrogens is 2. The van der Waals surface area contributed by atoms with Gasteiger partial charge in [0.2, 0.25) is 11.8 Å². The molecule has 1 N–H and O–H groups in total. The Bertz CT molecular complexity index is 1020. The number of rotatable bonds is 9. The number of nitrogens with zero attached hydrogens (tertiary/aromatic N) is 2. The molecule has 1 heterocycles. The predicted molar refractivity (Wildman–Crippen MR) is 115 cm³/mol. The Morgan fingerprint density at radius 3 is 2.73 bits per heavy atom. The molecular formula is C22H24FN3O3S. The molecule has 0 aliphatic heterocycles. The third kappa shape index (κ3) is 6.06. The van der Waals surface area contributed by atoms with Crippen LogP contribution in [0.25, 0.3) is 0 Å². The fraction of sp³-hybridized carbons (Fsp3) is 0.318. The highest BCUT2D eigenvalue weighted by molar-refractivity contribution is 7.99. The molecular weight excluding hydrogens is 405 g/mol. The van der Waals surface area contributed by atoms with Gasteiger partial charge >= 0.3 is 0 Å². The zero-order chi connectivity index (χ0) is 21.5. The molecule has 0 unspecified atom stereocenters. The van der Waals surface area contributed by atoms with Crippen molar-refractivity contribution in [1.82, 2.24) is 10.2 Å². The summed E-state index contributed by atoms with van der Waals surface area (Å²) in [4.78, 5) is 12.1. The van der Waals surface area contributed by atoms with Gasteiger partial charge in [-0.05, 0) is 61.6 Å². The number of anilines is 1. The molecule has 0 aliphatic carbocycles. The average Bonchev–Trinajstić information content (AvgIpc) is 3.17. The number of thioether (sulfide) groups is 1. The van der Waals surface area contributed by atoms with Gasteiger partial charge in [0, 0.05) is 12.1 Å². The smallest absolute Gasteiger partial charge is 0.277 e. The number of nitrogens with one attached hydrogen (secondary N) is 1. The number of carbonyl (C=O) groups excluding carboxylic acids is 1. The maximum absolute atomic E-state index is 13.3. The van der Waals surface area contributed by atoms with Gasteiger partial charge < -0.3 is 14.5 Å². The Morgan fingerprint density at radius 1 is 1.13 bits per heavy atom. The van der Waals surface area contributed by atoms with E-state index in [-0.39, 0.29) is 11.7 Å². The molecule has 0 fully saturated rings. The average molecular weight is 430 g/mol. The molecule has 0 saturated carbocycles. The molecule has 6 nitrogen and oxygen atoms in total. The van der Waals surface area contributed by atoms with Gasteiger partial charge in [-0.15, -0.1) is 10.2 Å². The maximum atomic E-state index is 13.3. The lowest BCUT2D eigenvalue weighted by Crippen LogP contribution is -2.15. The number of aryl methyl sites for hydroxylation is 4. The van der Waals surface area contributed by atoms with E-state index in [2.05, 4.69) is 27.6 Å². The van der Waals surface area contributed by atoms with E-state index < -0.39 is 5.82 Å². The summed E-state index contributed by atoms with van der Waals surface area (Å²) in [7, 11) is 1.67. The molecule has 0 radical (unpaired) electrons. The summed E-state index contributed by atoms with van der Waals surface area (Å²) in [6.07, 6.45) is 2.43. The van der Waals surface area contributed by atoms with Crippen LogP contribution in [0.5, 0.6) is 5.75 Å². The summed E-state index contributed by atoms with van der Waals surface area (Å²) in [5.74, 6) is 0.874. The quantitative estimate of drug-likeness (QED) is 0.495. The van der Waals surface area contributed by atoms with Gasteiger partial charge in [-0.3, -0.25) is 4.79 Å². The first kappa shape index (κ1) is 21.8. The van der Waals surface area contributed by atoms with Crippen LogP contribution < -0.4 is 10.1 Å². The highest BCUT2D eigenvalue weighted by atomic mass is 32.2. The molecule has 0 atom stereocenters. The van der Waals surface area contributed by atoms with Crippen LogP contribution in [-0.4, -0.2) is 29.0 Å². The molecule has 0 saturated heterocycles. The highest BCUT2D eigenvalue weighted by Gasteiger charge is 2.11. The van der Waals surface area contributed by atoms with Crippen molar-refractivity contribution >= 4 is 23.4 Å². The van der Waals surface area contributed by atoms with Gasteiger partial charge in [0.05, 0.1) is 12.9 Å². The number of hydrogen-bond acceptors (Lipinski definition) is 6. The number of benzene rings is 2. The van der Waals surface area contributed by atoms with E-state index in [9.17, 15) is 9.18 Å². The van der Waals surface area contributed by atoms with E-state index in [0.717, 1.165) is 41.5 Å². The molecule has 0 bridgehead atoms. The first-order valence-corrected chi connectivity index (χ1v) is 10.6. The summed E-state index contributed by atoms with van der Waals surface area (Å²) in [5, 5.41) is 11.1. The van der Waals surface area contributed by atoms with Crippen molar-refractivity contribution in [2.45, 2.75) is 38.3 Å². The predicted octanol–water partition coefficient (Wildman–Crippen LogP) is 4.74. The SMILES string of the molecule is COc1ccc(CCCc2nnc(SCC(=O)Nc3cc(F)ccc3C)o2)cc1C. The summed E-state index contributed by atoms with van der Waals surface area (Å²) in [5.41, 5.74) is 3.59. The molecule has 30 heavy (non-hydrogen) atoms. The zero-order valence-corrected chi connectivity index (χ0v) is 18.0. The van der Waals surface area contributed by atoms with Crippen LogP contribution in [0.2, 0.25) is 0 Å². The molecule has 3 aromatic rings. The Labute approximate surface area is 179 Å². The Hall–Kier alpha value is -2.87. The van der Waals surface area contributed by atoms with Gasteiger partial charge in [0.1, 0.15) is 11.6 Å². The Kier molecular flexibility index (Phi) is 7.46. The van der Waals surface area contributed by atoms with Crippen LogP contribution in [0.15, 0.2) is 46.0 Å². The summed E-state index contributed by atoms with van der Waals surface area (Å²) >= 11 is 1.15. The lowest BCUT2D eigenvalue weighted by atomic mass is 10.1. The lowest BCUT2D eigenvalue weighted by molar-refractivity contribution is -0.113. The Morgan fingerprint density at radius 2 is 1.97 bits per heavy atom. The van der Waals surface area contributed by atoms with Crippen LogP contribution in [0, 0.1) is 19.7 Å². The van der Waals surface area contributed by atoms with Crippen molar-refractivity contribution in [1.29, 1.82) is 0 Å². The zero-order valence-electron chi connectivity index (χ0n) is 17.2. The monoisotopic (exact) mass is 429 g/mol. The number of carbonyl (C=O) groups is 1. The Balaban J connectivity index is 1.44. The van der Waals surface area contributed by atoms with E-state index >= 15 is 0 Å². The van der Waals surface area contributed by atoms with Gasteiger partial charge in [0.25, 0.3) is 5.22 Å². The van der Waals surface area contributed by atoms with Gasteiger partial charge in [-0.1, -0.05) is 30.0 Å². The molecule has 3 rings (SSSR count). The molecule has 2 aromatic carbocycles. The van der Waals surface area contributed by atoms with Crippen LogP contribution in [0.3, 0.4) is 0 Å². The number of halogens is 1. The maximum Gasteiger partial charge on any atom is 0.277 e. The van der Waals surface area contributed by atoms with Crippen molar-refractivity contribution in [2.75, 3.05) is 18.2 Å². The van der Waals surface area contributed by atoms with E-state index in [1.807, 2.05) is 13.0 Å². The van der Waals surface area contributed by atoms with E-state index in [1.165, 1.54) is 17.7 Å². The summed E-state index contributed by atoms with van der Waals surface area (Å²) in [6.45, 7) is 3.83. The van der Waals surface area contributed by atoms with Crippen molar-refractivity contribution in [2.24, 2.45) is 0 Å². The van der Waals surface area contributed by atoms with Gasteiger partial charge in [-0.25, -0.2) is 4.39 Å². The van der Waals surface area contributed by atoms with Crippen molar-refractivity contribution in [3.63, 3.8) is 0 Å².